The molecule has 0 radical (unpaired) electrons. The molecule has 0 aliphatic heterocycles. The highest BCUT2D eigenvalue weighted by Crippen LogP contribution is 1.94. The molecule has 13 heavy (non-hydrogen) atoms. The van der Waals surface area contributed by atoms with Crippen LogP contribution in [0.2, 0.25) is 0 Å². The number of hydrogen-bond donors (Lipinski definition) is 2. The molecular formula is C8H15N3O2. The predicted octanol–water partition coefficient (Wildman–Crippen LogP) is -0.109. The van der Waals surface area contributed by atoms with E-state index >= 15 is 0 Å². The van der Waals surface area contributed by atoms with Gasteiger partial charge in [0, 0.05) is 26.4 Å². The molecule has 1 rings (SSSR count). The summed E-state index contributed by atoms with van der Waals surface area (Å²) >= 11 is 0. The zero-order chi connectivity index (χ0) is 9.68. The van der Waals surface area contributed by atoms with Gasteiger partial charge in [0.05, 0.1) is 6.10 Å². The molecule has 0 saturated carbocycles. The van der Waals surface area contributed by atoms with Crippen molar-refractivity contribution in [2.24, 2.45) is 0 Å². The first-order chi connectivity index (χ1) is 6.18. The van der Waals surface area contributed by atoms with Crippen LogP contribution in [0, 0.1) is 6.92 Å². The van der Waals surface area contributed by atoms with Crippen LogP contribution in [0.3, 0.4) is 0 Å². The number of aromatic nitrogens is 2. The quantitative estimate of drug-likeness (QED) is 0.626. The van der Waals surface area contributed by atoms with E-state index in [-0.39, 0.29) is 6.10 Å². The topological polar surface area (TPSA) is 71.2 Å². The van der Waals surface area contributed by atoms with E-state index in [1.807, 2.05) is 0 Å². The average Bonchev–Trinajstić information content (AvgIpc) is 2.45. The molecule has 2 N–H and O–H groups in total. The van der Waals surface area contributed by atoms with Crippen LogP contribution in [0.5, 0.6) is 0 Å². The van der Waals surface area contributed by atoms with E-state index in [9.17, 15) is 0 Å². The van der Waals surface area contributed by atoms with Crippen molar-refractivity contribution in [3.63, 3.8) is 0 Å². The molecule has 0 spiro atoms. The van der Waals surface area contributed by atoms with E-state index in [2.05, 4.69) is 15.5 Å². The second kappa shape index (κ2) is 4.94. The molecule has 0 amide bonds. The van der Waals surface area contributed by atoms with Crippen LogP contribution in [-0.4, -0.2) is 34.4 Å². The molecule has 5 heteroatoms. The van der Waals surface area contributed by atoms with E-state index in [0.717, 1.165) is 13.0 Å². The van der Waals surface area contributed by atoms with Crippen LogP contribution in [0.25, 0.3) is 0 Å². The normalized spacial score (nSPS) is 13.2. The van der Waals surface area contributed by atoms with Crippen molar-refractivity contribution in [2.45, 2.75) is 26.4 Å². The summed E-state index contributed by atoms with van der Waals surface area (Å²) in [7, 11) is 0. The molecule has 1 heterocycles. The van der Waals surface area contributed by atoms with Gasteiger partial charge in [-0.2, -0.15) is 4.98 Å². The molecule has 0 fully saturated rings. The Bertz CT molecular complexity index is 247. The van der Waals surface area contributed by atoms with Gasteiger partial charge in [-0.05, 0) is 6.92 Å². The first-order valence-corrected chi connectivity index (χ1v) is 4.36. The highest BCUT2D eigenvalue weighted by molar-refractivity contribution is 4.84. The van der Waals surface area contributed by atoms with Gasteiger partial charge in [0.25, 0.3) is 0 Å². The molecular weight excluding hydrogens is 170 g/mol. The Kier molecular flexibility index (Phi) is 3.85. The minimum atomic E-state index is -0.313. The number of aliphatic hydroxyl groups is 1. The standard InChI is InChI=1S/C8H15N3O2/c1-6(12)5-9-4-3-8-10-7(2)13-11-8/h6,9,12H,3-5H2,1-2H3. The molecule has 0 aliphatic carbocycles. The molecule has 1 aromatic heterocycles. The van der Waals surface area contributed by atoms with Gasteiger partial charge >= 0.3 is 0 Å². The predicted molar refractivity (Wildman–Crippen MR) is 47.3 cm³/mol. The lowest BCUT2D eigenvalue weighted by molar-refractivity contribution is 0.191. The summed E-state index contributed by atoms with van der Waals surface area (Å²) in [6, 6.07) is 0. The molecule has 1 aromatic rings. The Morgan fingerprint density at radius 3 is 2.92 bits per heavy atom. The summed E-state index contributed by atoms with van der Waals surface area (Å²) in [4.78, 5) is 4.05. The number of hydrogen-bond acceptors (Lipinski definition) is 5. The second-order valence-corrected chi connectivity index (χ2v) is 3.03. The van der Waals surface area contributed by atoms with Crippen molar-refractivity contribution in [3.05, 3.63) is 11.7 Å². The minimum absolute atomic E-state index is 0.313. The van der Waals surface area contributed by atoms with E-state index in [0.29, 0.717) is 18.3 Å². The van der Waals surface area contributed by atoms with Crippen molar-refractivity contribution < 1.29 is 9.63 Å². The van der Waals surface area contributed by atoms with E-state index < -0.39 is 0 Å². The van der Waals surface area contributed by atoms with Gasteiger partial charge in [0.1, 0.15) is 0 Å². The van der Waals surface area contributed by atoms with Gasteiger partial charge in [-0.15, -0.1) is 0 Å². The third-order valence-corrected chi connectivity index (χ3v) is 1.53. The molecule has 0 bridgehead atoms. The highest BCUT2D eigenvalue weighted by atomic mass is 16.5. The zero-order valence-corrected chi connectivity index (χ0v) is 7.95. The maximum Gasteiger partial charge on any atom is 0.223 e. The maximum atomic E-state index is 8.94. The zero-order valence-electron chi connectivity index (χ0n) is 7.95. The summed E-state index contributed by atoms with van der Waals surface area (Å²) in [6.45, 7) is 4.85. The first kappa shape index (κ1) is 10.1. The van der Waals surface area contributed by atoms with Crippen LogP contribution in [0.4, 0.5) is 0 Å². The van der Waals surface area contributed by atoms with Crippen LogP contribution in [0.15, 0.2) is 4.52 Å². The fourth-order valence-corrected chi connectivity index (χ4v) is 0.954. The molecule has 1 unspecified atom stereocenters. The third-order valence-electron chi connectivity index (χ3n) is 1.53. The van der Waals surface area contributed by atoms with E-state index in [4.69, 9.17) is 9.63 Å². The van der Waals surface area contributed by atoms with E-state index in [1.54, 1.807) is 13.8 Å². The maximum absolute atomic E-state index is 8.94. The Hall–Kier alpha value is -0.940. The van der Waals surface area contributed by atoms with Crippen molar-refractivity contribution in [2.75, 3.05) is 13.1 Å². The lowest BCUT2D eigenvalue weighted by Gasteiger charge is -2.04. The average molecular weight is 185 g/mol. The molecule has 5 nitrogen and oxygen atoms in total. The monoisotopic (exact) mass is 185 g/mol. The van der Waals surface area contributed by atoms with Gasteiger partial charge in [0.15, 0.2) is 5.82 Å². The van der Waals surface area contributed by atoms with Gasteiger partial charge in [-0.1, -0.05) is 5.16 Å². The summed E-state index contributed by atoms with van der Waals surface area (Å²) in [6.07, 6.45) is 0.413. The number of nitrogens with zero attached hydrogens (tertiary/aromatic N) is 2. The lowest BCUT2D eigenvalue weighted by atomic mass is 10.3. The summed E-state index contributed by atoms with van der Waals surface area (Å²) < 4.78 is 4.80. The number of nitrogens with one attached hydrogen (secondary N) is 1. The second-order valence-electron chi connectivity index (χ2n) is 3.03. The van der Waals surface area contributed by atoms with Crippen molar-refractivity contribution in [3.8, 4) is 0 Å². The first-order valence-electron chi connectivity index (χ1n) is 4.36. The Labute approximate surface area is 77.2 Å². The summed E-state index contributed by atoms with van der Waals surface area (Å²) in [5, 5.41) is 15.8. The summed E-state index contributed by atoms with van der Waals surface area (Å²) in [5.74, 6) is 1.29. The molecule has 0 aromatic carbocycles. The fraction of sp³-hybridized carbons (Fsp3) is 0.750. The van der Waals surface area contributed by atoms with Gasteiger partial charge in [-0.3, -0.25) is 0 Å². The van der Waals surface area contributed by atoms with Crippen molar-refractivity contribution in [1.29, 1.82) is 0 Å². The molecule has 1 atom stereocenters. The molecule has 0 aliphatic rings. The van der Waals surface area contributed by atoms with Gasteiger partial charge in [0.2, 0.25) is 5.89 Å². The van der Waals surface area contributed by atoms with Crippen LogP contribution in [0.1, 0.15) is 18.6 Å². The Morgan fingerprint density at radius 1 is 1.62 bits per heavy atom. The smallest absolute Gasteiger partial charge is 0.223 e. The fourth-order valence-electron chi connectivity index (χ4n) is 0.954. The number of aliphatic hydroxyl groups excluding tert-OH is 1. The summed E-state index contributed by atoms with van der Waals surface area (Å²) in [5.41, 5.74) is 0. The lowest BCUT2D eigenvalue weighted by Crippen LogP contribution is -2.26. The van der Waals surface area contributed by atoms with Crippen LogP contribution >= 0.6 is 0 Å². The SMILES string of the molecule is Cc1nc(CCNCC(C)O)no1. The van der Waals surface area contributed by atoms with E-state index in [1.165, 1.54) is 0 Å². The number of aryl methyl sites for hydroxylation is 1. The van der Waals surface area contributed by atoms with Crippen LogP contribution < -0.4 is 5.32 Å². The number of rotatable bonds is 5. The minimum Gasteiger partial charge on any atom is -0.392 e. The largest absolute Gasteiger partial charge is 0.392 e. The molecule has 74 valence electrons. The third kappa shape index (κ3) is 4.00. The Morgan fingerprint density at radius 2 is 2.38 bits per heavy atom. The van der Waals surface area contributed by atoms with Gasteiger partial charge < -0.3 is 14.9 Å². The Balaban J connectivity index is 2.13. The highest BCUT2D eigenvalue weighted by Gasteiger charge is 2.01. The molecule has 0 saturated heterocycles. The van der Waals surface area contributed by atoms with Crippen molar-refractivity contribution >= 4 is 0 Å². The van der Waals surface area contributed by atoms with Gasteiger partial charge in [-0.25, -0.2) is 0 Å². The van der Waals surface area contributed by atoms with Crippen LogP contribution in [-0.2, 0) is 6.42 Å². The van der Waals surface area contributed by atoms with Crippen molar-refractivity contribution in [1.82, 2.24) is 15.5 Å².